The van der Waals surface area contributed by atoms with E-state index in [9.17, 15) is 15.0 Å². The SMILES string of the molecule is COCCCC[C@@](O)(c1ccccc1-c1ccccc1C)[C@@H]1CCCN(C(=O)[C@H]2C[C@@H](N)[C@@H](O)C2)C1. The summed E-state index contributed by atoms with van der Waals surface area (Å²) in [5, 5.41) is 22.7. The van der Waals surface area contributed by atoms with Gasteiger partial charge in [0, 0.05) is 44.7 Å². The summed E-state index contributed by atoms with van der Waals surface area (Å²) in [6, 6.07) is 16.2. The van der Waals surface area contributed by atoms with Crippen LogP contribution < -0.4 is 5.73 Å². The maximum Gasteiger partial charge on any atom is 0.225 e. The first-order valence-electron chi connectivity index (χ1n) is 13.4. The van der Waals surface area contributed by atoms with E-state index in [0.29, 0.717) is 39.0 Å². The van der Waals surface area contributed by atoms with Crippen molar-refractivity contribution in [3.63, 3.8) is 0 Å². The minimum atomic E-state index is -1.07. The Morgan fingerprint density at radius 1 is 1.11 bits per heavy atom. The molecule has 0 radical (unpaired) electrons. The largest absolute Gasteiger partial charge is 0.391 e. The van der Waals surface area contributed by atoms with Crippen molar-refractivity contribution in [1.82, 2.24) is 4.90 Å². The number of carbonyl (C=O) groups is 1. The van der Waals surface area contributed by atoms with E-state index < -0.39 is 11.7 Å². The van der Waals surface area contributed by atoms with Gasteiger partial charge >= 0.3 is 0 Å². The summed E-state index contributed by atoms with van der Waals surface area (Å²) < 4.78 is 5.27. The average Bonchev–Trinajstić information content (AvgIpc) is 3.24. The van der Waals surface area contributed by atoms with Gasteiger partial charge in [-0.25, -0.2) is 0 Å². The van der Waals surface area contributed by atoms with Crippen LogP contribution in [0.3, 0.4) is 0 Å². The number of likely N-dealkylation sites (tertiary alicyclic amines) is 1. The predicted octanol–water partition coefficient (Wildman–Crippen LogP) is 4.00. The van der Waals surface area contributed by atoms with Gasteiger partial charge in [-0.3, -0.25) is 4.79 Å². The number of nitrogens with two attached hydrogens (primary N) is 1. The van der Waals surface area contributed by atoms with Crippen molar-refractivity contribution in [1.29, 1.82) is 0 Å². The maximum absolute atomic E-state index is 13.4. The summed E-state index contributed by atoms with van der Waals surface area (Å²) in [6.07, 6.45) is 4.37. The zero-order valence-corrected chi connectivity index (χ0v) is 21.7. The summed E-state index contributed by atoms with van der Waals surface area (Å²) in [7, 11) is 1.70. The van der Waals surface area contributed by atoms with Gasteiger partial charge in [-0.1, -0.05) is 48.5 Å². The molecule has 1 heterocycles. The Kier molecular flexibility index (Phi) is 8.83. The van der Waals surface area contributed by atoms with E-state index in [-0.39, 0.29) is 23.8 Å². The molecule has 2 aromatic carbocycles. The number of carbonyl (C=O) groups excluding carboxylic acids is 1. The molecule has 6 heteroatoms. The average molecular weight is 495 g/mol. The van der Waals surface area contributed by atoms with Gasteiger partial charge in [0.1, 0.15) is 0 Å². The Bertz CT molecular complexity index is 1020. The molecule has 1 amide bonds. The Morgan fingerprint density at radius 3 is 2.53 bits per heavy atom. The fourth-order valence-corrected chi connectivity index (χ4v) is 6.25. The van der Waals surface area contributed by atoms with E-state index in [1.165, 1.54) is 5.56 Å². The number of amides is 1. The molecule has 1 saturated carbocycles. The van der Waals surface area contributed by atoms with Gasteiger partial charge < -0.3 is 25.6 Å². The zero-order valence-electron chi connectivity index (χ0n) is 21.7. The second-order valence-corrected chi connectivity index (χ2v) is 10.8. The maximum atomic E-state index is 13.4. The molecule has 4 rings (SSSR count). The molecule has 5 atom stereocenters. The summed E-state index contributed by atoms with van der Waals surface area (Å²) in [6.45, 7) is 3.97. The van der Waals surface area contributed by atoms with E-state index in [2.05, 4.69) is 31.2 Å². The number of aliphatic hydroxyl groups excluding tert-OH is 1. The van der Waals surface area contributed by atoms with Gasteiger partial charge in [-0.15, -0.1) is 0 Å². The van der Waals surface area contributed by atoms with Crippen LogP contribution in [0.5, 0.6) is 0 Å². The normalized spacial score (nSPS) is 26.1. The third-order valence-electron chi connectivity index (χ3n) is 8.32. The van der Waals surface area contributed by atoms with E-state index in [0.717, 1.165) is 42.4 Å². The fourth-order valence-electron chi connectivity index (χ4n) is 6.25. The molecule has 2 aliphatic rings. The lowest BCUT2D eigenvalue weighted by atomic mass is 9.71. The number of hydrogen-bond donors (Lipinski definition) is 3. The van der Waals surface area contributed by atoms with Crippen LogP contribution in [0.15, 0.2) is 48.5 Å². The summed E-state index contributed by atoms with van der Waals surface area (Å²) in [5.74, 6) is -0.244. The van der Waals surface area contributed by atoms with Crippen molar-refractivity contribution in [2.75, 3.05) is 26.8 Å². The van der Waals surface area contributed by atoms with Gasteiger partial charge in [-0.05, 0) is 74.1 Å². The molecule has 0 bridgehead atoms. The summed E-state index contributed by atoms with van der Waals surface area (Å²) in [4.78, 5) is 15.3. The van der Waals surface area contributed by atoms with E-state index in [1.807, 2.05) is 29.2 Å². The number of unbranched alkanes of at least 4 members (excludes halogenated alkanes) is 1. The first-order valence-corrected chi connectivity index (χ1v) is 13.4. The highest BCUT2D eigenvalue weighted by molar-refractivity contribution is 5.79. The molecule has 1 aliphatic carbocycles. The lowest BCUT2D eigenvalue weighted by Gasteiger charge is -2.44. The van der Waals surface area contributed by atoms with Crippen LogP contribution in [-0.4, -0.2) is 60.0 Å². The highest BCUT2D eigenvalue weighted by Crippen LogP contribution is 2.44. The molecular formula is C30H42N2O4. The molecular weight excluding hydrogens is 452 g/mol. The zero-order chi connectivity index (χ0) is 25.7. The molecule has 0 unspecified atom stereocenters. The van der Waals surface area contributed by atoms with Crippen LogP contribution in [0.4, 0.5) is 0 Å². The highest BCUT2D eigenvalue weighted by atomic mass is 16.5. The molecule has 0 aromatic heterocycles. The molecule has 1 aliphatic heterocycles. The second-order valence-electron chi connectivity index (χ2n) is 10.8. The molecule has 6 nitrogen and oxygen atoms in total. The Morgan fingerprint density at radius 2 is 1.83 bits per heavy atom. The minimum Gasteiger partial charge on any atom is -0.391 e. The van der Waals surface area contributed by atoms with Gasteiger partial charge in [0.15, 0.2) is 0 Å². The number of piperidine rings is 1. The van der Waals surface area contributed by atoms with Crippen LogP contribution in [0.25, 0.3) is 11.1 Å². The van der Waals surface area contributed by atoms with Crippen molar-refractivity contribution in [3.05, 3.63) is 59.7 Å². The van der Waals surface area contributed by atoms with Crippen LogP contribution in [-0.2, 0) is 15.1 Å². The van der Waals surface area contributed by atoms with Crippen LogP contribution in [0.2, 0.25) is 0 Å². The number of aryl methyl sites for hydroxylation is 1. The number of benzene rings is 2. The van der Waals surface area contributed by atoms with E-state index in [1.54, 1.807) is 7.11 Å². The van der Waals surface area contributed by atoms with Gasteiger partial charge in [0.05, 0.1) is 11.7 Å². The number of nitrogens with zero attached hydrogens (tertiary/aromatic N) is 1. The molecule has 196 valence electrons. The predicted molar refractivity (Wildman–Crippen MR) is 142 cm³/mol. The second kappa shape index (κ2) is 11.9. The summed E-state index contributed by atoms with van der Waals surface area (Å²) in [5.41, 5.74) is 9.22. The fraction of sp³-hybridized carbons (Fsp3) is 0.567. The Labute approximate surface area is 215 Å². The smallest absolute Gasteiger partial charge is 0.225 e. The highest BCUT2D eigenvalue weighted by Gasteiger charge is 2.44. The van der Waals surface area contributed by atoms with Crippen LogP contribution >= 0.6 is 0 Å². The summed E-state index contributed by atoms with van der Waals surface area (Å²) >= 11 is 0. The molecule has 4 N–H and O–H groups in total. The van der Waals surface area contributed by atoms with E-state index >= 15 is 0 Å². The quantitative estimate of drug-likeness (QED) is 0.458. The first-order chi connectivity index (χ1) is 17.3. The van der Waals surface area contributed by atoms with Crippen LogP contribution in [0, 0.1) is 18.8 Å². The Hall–Kier alpha value is -2.25. The van der Waals surface area contributed by atoms with Crippen molar-refractivity contribution >= 4 is 5.91 Å². The van der Waals surface area contributed by atoms with Gasteiger partial charge in [0.25, 0.3) is 0 Å². The van der Waals surface area contributed by atoms with Crippen molar-refractivity contribution in [2.24, 2.45) is 17.6 Å². The standard InChI is InChI=1S/C30H42N2O4/c1-21-10-3-4-12-24(21)25-13-5-6-14-26(25)30(35,15-7-8-17-36-2)23-11-9-16-32(20-23)29(34)22-18-27(31)28(33)19-22/h3-6,10,12-14,22-23,27-28,33,35H,7-9,11,15-20,31H2,1-2H3/t22-,23+,27+,28-,30-/m0/s1. The number of hydrogen-bond acceptors (Lipinski definition) is 5. The molecule has 0 spiro atoms. The van der Waals surface area contributed by atoms with Crippen molar-refractivity contribution < 1.29 is 19.7 Å². The lowest BCUT2D eigenvalue weighted by Crippen LogP contribution is -2.49. The number of aliphatic hydroxyl groups is 2. The lowest BCUT2D eigenvalue weighted by molar-refractivity contribution is -0.141. The minimum absolute atomic E-state index is 0.0700. The number of methoxy groups -OCH3 is 1. The first kappa shape index (κ1) is 26.8. The van der Waals surface area contributed by atoms with Gasteiger partial charge in [0.2, 0.25) is 5.91 Å². The topological polar surface area (TPSA) is 96.0 Å². The van der Waals surface area contributed by atoms with Gasteiger partial charge in [-0.2, -0.15) is 0 Å². The number of rotatable bonds is 9. The van der Waals surface area contributed by atoms with Crippen molar-refractivity contribution in [3.8, 4) is 11.1 Å². The molecule has 36 heavy (non-hydrogen) atoms. The Balaban J connectivity index is 1.65. The monoisotopic (exact) mass is 494 g/mol. The third kappa shape index (κ3) is 5.67. The van der Waals surface area contributed by atoms with Crippen LogP contribution in [0.1, 0.15) is 56.1 Å². The molecule has 1 saturated heterocycles. The number of ether oxygens (including phenoxy) is 1. The molecule has 2 aromatic rings. The third-order valence-corrected chi connectivity index (χ3v) is 8.32. The van der Waals surface area contributed by atoms with E-state index in [4.69, 9.17) is 10.5 Å². The molecule has 2 fully saturated rings. The van der Waals surface area contributed by atoms with Crippen molar-refractivity contribution in [2.45, 2.75) is 69.6 Å².